The van der Waals surface area contributed by atoms with E-state index in [0.717, 1.165) is 25.1 Å². The molecule has 2 rings (SSSR count). The van der Waals surface area contributed by atoms with Gasteiger partial charge in [-0.1, -0.05) is 11.6 Å². The van der Waals surface area contributed by atoms with Crippen LogP contribution in [0.3, 0.4) is 0 Å². The van der Waals surface area contributed by atoms with Crippen LogP contribution in [-0.4, -0.2) is 13.1 Å². The summed E-state index contributed by atoms with van der Waals surface area (Å²) in [6.45, 7) is 3.38. The third-order valence-electron chi connectivity index (χ3n) is 2.96. The highest BCUT2D eigenvalue weighted by Crippen LogP contribution is 2.33. The molecule has 0 aromatic heterocycles. The molecule has 0 spiro atoms. The molecule has 0 aliphatic carbocycles. The zero-order valence-corrected chi connectivity index (χ0v) is 9.06. The molecule has 1 unspecified atom stereocenters. The highest BCUT2D eigenvalue weighted by molar-refractivity contribution is 5.34. The monoisotopic (exact) mass is 229 g/mol. The maximum atomic E-state index is 12.6. The van der Waals surface area contributed by atoms with E-state index in [-0.39, 0.29) is 5.92 Å². The fourth-order valence-electron chi connectivity index (χ4n) is 2.15. The summed E-state index contributed by atoms with van der Waals surface area (Å²) in [6.07, 6.45) is -3.33. The van der Waals surface area contributed by atoms with Crippen molar-refractivity contribution in [1.82, 2.24) is 5.32 Å². The molecule has 1 fully saturated rings. The molecule has 16 heavy (non-hydrogen) atoms. The first-order chi connectivity index (χ1) is 7.47. The summed E-state index contributed by atoms with van der Waals surface area (Å²) in [5, 5.41) is 3.17. The minimum atomic E-state index is -4.24. The van der Waals surface area contributed by atoms with E-state index in [1.165, 1.54) is 12.1 Å². The Kier molecular flexibility index (Phi) is 2.93. The van der Waals surface area contributed by atoms with Crippen LogP contribution >= 0.6 is 0 Å². The predicted octanol–water partition coefficient (Wildman–Crippen LogP) is 3.09. The smallest absolute Gasteiger partial charge is 0.316 e. The van der Waals surface area contributed by atoms with Crippen LogP contribution in [0.4, 0.5) is 13.2 Å². The second-order valence-corrected chi connectivity index (χ2v) is 4.32. The molecule has 1 aromatic rings. The van der Waals surface area contributed by atoms with Gasteiger partial charge in [0.2, 0.25) is 0 Å². The molecule has 1 aromatic carbocycles. The minimum absolute atomic E-state index is 0.223. The first kappa shape index (κ1) is 11.5. The van der Waals surface area contributed by atoms with E-state index in [4.69, 9.17) is 0 Å². The van der Waals surface area contributed by atoms with Crippen molar-refractivity contribution in [2.45, 2.75) is 25.4 Å². The Morgan fingerprint density at radius 1 is 1.25 bits per heavy atom. The topological polar surface area (TPSA) is 12.0 Å². The molecule has 0 amide bonds. The second-order valence-electron chi connectivity index (χ2n) is 4.32. The van der Waals surface area contributed by atoms with E-state index in [1.54, 1.807) is 6.92 Å². The van der Waals surface area contributed by atoms with Crippen LogP contribution < -0.4 is 5.32 Å². The highest BCUT2D eigenvalue weighted by Gasteiger charge is 2.31. The Morgan fingerprint density at radius 3 is 2.56 bits per heavy atom. The quantitative estimate of drug-likeness (QED) is 0.780. The third-order valence-corrected chi connectivity index (χ3v) is 2.96. The van der Waals surface area contributed by atoms with Crippen LogP contribution in [0, 0.1) is 6.92 Å². The number of benzene rings is 1. The van der Waals surface area contributed by atoms with Crippen LogP contribution in [0.1, 0.15) is 29.0 Å². The molecule has 1 aliphatic heterocycles. The average molecular weight is 229 g/mol. The highest BCUT2D eigenvalue weighted by atomic mass is 19.4. The van der Waals surface area contributed by atoms with E-state index >= 15 is 0 Å². The van der Waals surface area contributed by atoms with E-state index in [2.05, 4.69) is 5.32 Å². The molecule has 1 N–H and O–H groups in total. The Morgan fingerprint density at radius 2 is 2.00 bits per heavy atom. The second kappa shape index (κ2) is 4.09. The molecular weight excluding hydrogens is 215 g/mol. The summed E-state index contributed by atoms with van der Waals surface area (Å²) in [4.78, 5) is 0. The lowest BCUT2D eigenvalue weighted by atomic mass is 9.94. The molecule has 1 atom stereocenters. The Balaban J connectivity index is 2.35. The summed E-state index contributed by atoms with van der Waals surface area (Å²) in [7, 11) is 0. The van der Waals surface area contributed by atoms with Gasteiger partial charge < -0.3 is 5.32 Å². The Hall–Kier alpha value is -1.03. The van der Waals surface area contributed by atoms with Crippen molar-refractivity contribution in [3.63, 3.8) is 0 Å². The summed E-state index contributed by atoms with van der Waals surface area (Å²) in [5.41, 5.74) is 0.948. The molecule has 4 heteroatoms. The molecule has 0 saturated carbocycles. The van der Waals surface area contributed by atoms with Crippen LogP contribution in [0.25, 0.3) is 0 Å². The van der Waals surface area contributed by atoms with E-state index in [1.807, 2.05) is 6.07 Å². The average Bonchev–Trinajstić information content (AvgIpc) is 2.68. The van der Waals surface area contributed by atoms with Gasteiger partial charge in [0.05, 0.1) is 5.56 Å². The maximum absolute atomic E-state index is 12.6. The molecule has 88 valence electrons. The standard InChI is InChI=1S/C12H14F3N/c1-8-4-10(9-2-3-16-7-9)6-11(5-8)12(13,14)15/h4-6,9,16H,2-3,7H2,1H3. The lowest BCUT2D eigenvalue weighted by molar-refractivity contribution is -0.137. The van der Waals surface area contributed by atoms with E-state index in [9.17, 15) is 13.2 Å². The number of nitrogens with one attached hydrogen (secondary N) is 1. The molecule has 0 bridgehead atoms. The maximum Gasteiger partial charge on any atom is 0.416 e. The molecule has 0 radical (unpaired) electrons. The van der Waals surface area contributed by atoms with Crippen molar-refractivity contribution in [2.75, 3.05) is 13.1 Å². The Bertz CT molecular complexity index is 378. The van der Waals surface area contributed by atoms with Crippen LogP contribution in [0.15, 0.2) is 18.2 Å². The van der Waals surface area contributed by atoms with Gasteiger partial charge in [0.15, 0.2) is 0 Å². The first-order valence-corrected chi connectivity index (χ1v) is 5.36. The van der Waals surface area contributed by atoms with Gasteiger partial charge in [0.25, 0.3) is 0 Å². The number of rotatable bonds is 1. The van der Waals surface area contributed by atoms with Crippen molar-refractivity contribution in [1.29, 1.82) is 0 Å². The predicted molar refractivity (Wildman–Crippen MR) is 56.4 cm³/mol. The van der Waals surface area contributed by atoms with Crippen molar-refractivity contribution >= 4 is 0 Å². The summed E-state index contributed by atoms with van der Waals surface area (Å²) in [6, 6.07) is 4.34. The summed E-state index contributed by atoms with van der Waals surface area (Å²) < 4.78 is 37.9. The first-order valence-electron chi connectivity index (χ1n) is 5.36. The fourth-order valence-corrected chi connectivity index (χ4v) is 2.15. The lowest BCUT2D eigenvalue weighted by Crippen LogP contribution is -2.10. The number of aryl methyl sites for hydroxylation is 1. The van der Waals surface area contributed by atoms with Crippen molar-refractivity contribution < 1.29 is 13.2 Å². The summed E-state index contributed by atoms with van der Waals surface area (Å²) in [5.74, 6) is 0.223. The fraction of sp³-hybridized carbons (Fsp3) is 0.500. The molecule has 1 aliphatic rings. The summed E-state index contributed by atoms with van der Waals surface area (Å²) >= 11 is 0. The zero-order chi connectivity index (χ0) is 11.8. The van der Waals surface area contributed by atoms with Gasteiger partial charge in [-0.25, -0.2) is 0 Å². The van der Waals surface area contributed by atoms with Crippen molar-refractivity contribution in [3.05, 3.63) is 34.9 Å². The minimum Gasteiger partial charge on any atom is -0.316 e. The lowest BCUT2D eigenvalue weighted by Gasteiger charge is -2.14. The molecule has 1 heterocycles. The van der Waals surface area contributed by atoms with Crippen LogP contribution in [0.5, 0.6) is 0 Å². The number of halogens is 3. The number of hydrogen-bond acceptors (Lipinski definition) is 1. The number of alkyl halides is 3. The van der Waals surface area contributed by atoms with Gasteiger partial charge >= 0.3 is 6.18 Å². The Labute approximate surface area is 92.7 Å². The molecular formula is C12H14F3N. The third kappa shape index (κ3) is 2.38. The zero-order valence-electron chi connectivity index (χ0n) is 9.06. The van der Waals surface area contributed by atoms with Gasteiger partial charge in [-0.05, 0) is 43.5 Å². The van der Waals surface area contributed by atoms with Gasteiger partial charge in [0.1, 0.15) is 0 Å². The SMILES string of the molecule is Cc1cc(C2CCNC2)cc(C(F)(F)F)c1. The largest absolute Gasteiger partial charge is 0.416 e. The normalized spacial score (nSPS) is 21.4. The van der Waals surface area contributed by atoms with Gasteiger partial charge in [-0.15, -0.1) is 0 Å². The number of hydrogen-bond donors (Lipinski definition) is 1. The molecule has 1 nitrogen and oxygen atoms in total. The van der Waals surface area contributed by atoms with E-state index in [0.29, 0.717) is 5.56 Å². The van der Waals surface area contributed by atoms with Crippen LogP contribution in [-0.2, 0) is 6.18 Å². The van der Waals surface area contributed by atoms with Crippen molar-refractivity contribution in [3.8, 4) is 0 Å². The van der Waals surface area contributed by atoms with Crippen molar-refractivity contribution in [2.24, 2.45) is 0 Å². The van der Waals surface area contributed by atoms with Gasteiger partial charge in [0, 0.05) is 6.54 Å². The van der Waals surface area contributed by atoms with Gasteiger partial charge in [-0.3, -0.25) is 0 Å². The molecule has 1 saturated heterocycles. The van der Waals surface area contributed by atoms with Gasteiger partial charge in [-0.2, -0.15) is 13.2 Å². The van der Waals surface area contributed by atoms with E-state index < -0.39 is 11.7 Å². The van der Waals surface area contributed by atoms with Crippen LogP contribution in [0.2, 0.25) is 0 Å².